The van der Waals surface area contributed by atoms with Crippen LogP contribution in [0.4, 0.5) is 5.69 Å². The summed E-state index contributed by atoms with van der Waals surface area (Å²) in [5.41, 5.74) is 0.768. The van der Waals surface area contributed by atoms with Crippen LogP contribution in [0.2, 0.25) is 0 Å². The maximum atomic E-state index is 12.7. The molecule has 2 fully saturated rings. The fourth-order valence-corrected chi connectivity index (χ4v) is 3.65. The number of amides is 1. The van der Waals surface area contributed by atoms with Crippen molar-refractivity contribution in [3.63, 3.8) is 0 Å². The van der Waals surface area contributed by atoms with Gasteiger partial charge < -0.3 is 10.2 Å². The second-order valence-corrected chi connectivity index (χ2v) is 7.63. The average molecular weight is 354 g/mol. The predicted octanol–water partition coefficient (Wildman–Crippen LogP) is 2.61. The van der Waals surface area contributed by atoms with Crippen LogP contribution in [-0.2, 0) is 5.41 Å². The van der Waals surface area contributed by atoms with E-state index in [4.69, 9.17) is 0 Å². The second kappa shape index (κ2) is 6.69. The largest absolute Gasteiger partial charge is 0.338 e. The minimum atomic E-state index is -0.389. The van der Waals surface area contributed by atoms with Crippen molar-refractivity contribution in [2.24, 2.45) is 11.8 Å². The third kappa shape index (κ3) is 3.39. The van der Waals surface area contributed by atoms with Gasteiger partial charge in [0.15, 0.2) is 0 Å². The number of nitro benzene ring substituents is 1. The van der Waals surface area contributed by atoms with Crippen LogP contribution in [0, 0.1) is 22.0 Å². The molecule has 6 nitrogen and oxygen atoms in total. The van der Waals surface area contributed by atoms with Gasteiger partial charge in [-0.1, -0.05) is 26.8 Å². The Kier molecular flexibility index (Phi) is 5.20. The molecule has 2 aliphatic rings. The number of fused-ring (bicyclic) bond motifs is 1. The summed E-state index contributed by atoms with van der Waals surface area (Å²) in [5.74, 6) is 0.938. The van der Waals surface area contributed by atoms with E-state index in [2.05, 4.69) is 5.32 Å². The summed E-state index contributed by atoms with van der Waals surface area (Å²) in [6, 6.07) is 4.89. The fourth-order valence-electron chi connectivity index (χ4n) is 3.65. The molecule has 3 rings (SSSR count). The SMILES string of the molecule is CC(C)(C)c1ccc(C(=O)N2C[C@H]3CNC[C@H]3C2)cc1[N+](=O)[O-].Cl. The third-order valence-electron chi connectivity index (χ3n) is 4.93. The van der Waals surface area contributed by atoms with Crippen LogP contribution in [0.1, 0.15) is 36.7 Å². The van der Waals surface area contributed by atoms with E-state index in [1.807, 2.05) is 25.7 Å². The van der Waals surface area contributed by atoms with Gasteiger partial charge in [0.2, 0.25) is 0 Å². The lowest BCUT2D eigenvalue weighted by Crippen LogP contribution is -2.32. The quantitative estimate of drug-likeness (QED) is 0.655. The molecule has 1 amide bonds. The zero-order valence-electron chi connectivity index (χ0n) is 14.2. The Morgan fingerprint density at radius 2 is 1.83 bits per heavy atom. The molecule has 2 heterocycles. The highest BCUT2D eigenvalue weighted by atomic mass is 35.5. The first kappa shape index (κ1) is 18.7. The lowest BCUT2D eigenvalue weighted by Gasteiger charge is -2.21. The van der Waals surface area contributed by atoms with Gasteiger partial charge in [0.1, 0.15) is 0 Å². The molecule has 0 spiro atoms. The van der Waals surface area contributed by atoms with Crippen molar-refractivity contribution >= 4 is 24.0 Å². The molecular weight excluding hydrogens is 330 g/mol. The highest BCUT2D eigenvalue weighted by Crippen LogP contribution is 2.33. The summed E-state index contributed by atoms with van der Waals surface area (Å²) < 4.78 is 0. The second-order valence-electron chi connectivity index (χ2n) is 7.63. The van der Waals surface area contributed by atoms with Crippen molar-refractivity contribution < 1.29 is 9.72 Å². The van der Waals surface area contributed by atoms with E-state index in [0.717, 1.165) is 26.2 Å². The molecule has 0 radical (unpaired) electrons. The van der Waals surface area contributed by atoms with Crippen molar-refractivity contribution in [2.45, 2.75) is 26.2 Å². The molecule has 0 aliphatic carbocycles. The first-order valence-electron chi connectivity index (χ1n) is 8.06. The van der Waals surface area contributed by atoms with E-state index in [0.29, 0.717) is 23.0 Å². The van der Waals surface area contributed by atoms with Gasteiger partial charge in [-0.15, -0.1) is 12.4 Å². The topological polar surface area (TPSA) is 75.5 Å². The number of likely N-dealkylation sites (tertiary alicyclic amines) is 1. The van der Waals surface area contributed by atoms with Gasteiger partial charge in [0.25, 0.3) is 11.6 Å². The Morgan fingerprint density at radius 3 is 2.33 bits per heavy atom. The van der Waals surface area contributed by atoms with Crippen molar-refractivity contribution in [1.29, 1.82) is 0 Å². The van der Waals surface area contributed by atoms with Crippen LogP contribution >= 0.6 is 12.4 Å². The van der Waals surface area contributed by atoms with Crippen LogP contribution in [0.25, 0.3) is 0 Å². The number of carbonyl (C=O) groups excluding carboxylic acids is 1. The summed E-state index contributed by atoms with van der Waals surface area (Å²) in [6.45, 7) is 9.20. The Hall–Kier alpha value is -1.66. The molecule has 0 saturated carbocycles. The number of rotatable bonds is 2. The Labute approximate surface area is 148 Å². The van der Waals surface area contributed by atoms with Gasteiger partial charge in [-0.2, -0.15) is 0 Å². The number of carbonyl (C=O) groups is 1. The van der Waals surface area contributed by atoms with E-state index in [9.17, 15) is 14.9 Å². The summed E-state index contributed by atoms with van der Waals surface area (Å²) in [4.78, 5) is 25.5. The molecular formula is C17H24ClN3O3. The van der Waals surface area contributed by atoms with Gasteiger partial charge in [-0.25, -0.2) is 0 Å². The van der Waals surface area contributed by atoms with Gasteiger partial charge >= 0.3 is 0 Å². The van der Waals surface area contributed by atoms with Crippen LogP contribution < -0.4 is 5.32 Å². The molecule has 2 aliphatic heterocycles. The third-order valence-corrected chi connectivity index (χ3v) is 4.93. The Morgan fingerprint density at radius 1 is 1.25 bits per heavy atom. The number of hydrogen-bond donors (Lipinski definition) is 1. The number of benzene rings is 1. The van der Waals surface area contributed by atoms with E-state index >= 15 is 0 Å². The monoisotopic (exact) mass is 353 g/mol. The maximum Gasteiger partial charge on any atom is 0.273 e. The van der Waals surface area contributed by atoms with Gasteiger partial charge in [-0.05, 0) is 23.3 Å². The number of nitro groups is 1. The summed E-state index contributed by atoms with van der Waals surface area (Å²) in [7, 11) is 0. The van der Waals surface area contributed by atoms with Crippen LogP contribution in [0.5, 0.6) is 0 Å². The summed E-state index contributed by atoms with van der Waals surface area (Å²) in [5, 5.41) is 14.7. The van der Waals surface area contributed by atoms with Gasteiger partial charge in [0.05, 0.1) is 4.92 Å². The predicted molar refractivity (Wildman–Crippen MR) is 94.8 cm³/mol. The first-order valence-corrected chi connectivity index (χ1v) is 8.06. The Bertz CT molecular complexity index is 645. The molecule has 132 valence electrons. The zero-order valence-corrected chi connectivity index (χ0v) is 15.1. The molecule has 2 atom stereocenters. The van der Waals surface area contributed by atoms with Crippen molar-refractivity contribution in [3.05, 3.63) is 39.4 Å². The first-order chi connectivity index (χ1) is 10.8. The standard InChI is InChI=1S/C17H23N3O3.ClH/c1-17(2,3)14-5-4-11(6-15(14)20(22)23)16(21)19-9-12-7-18-8-13(12)10-19;/h4-6,12-13,18H,7-10H2,1-3H3;1H/t12-,13+;. The average Bonchev–Trinajstić information content (AvgIpc) is 3.06. The molecule has 0 bridgehead atoms. The summed E-state index contributed by atoms with van der Waals surface area (Å²) >= 11 is 0. The summed E-state index contributed by atoms with van der Waals surface area (Å²) in [6.07, 6.45) is 0. The lowest BCUT2D eigenvalue weighted by atomic mass is 9.85. The Balaban J connectivity index is 0.00000208. The molecule has 0 unspecified atom stereocenters. The maximum absolute atomic E-state index is 12.7. The number of halogens is 1. The number of hydrogen-bond acceptors (Lipinski definition) is 4. The molecule has 2 saturated heterocycles. The molecule has 1 aromatic carbocycles. The van der Waals surface area contributed by atoms with Crippen LogP contribution in [0.15, 0.2) is 18.2 Å². The van der Waals surface area contributed by atoms with Crippen molar-refractivity contribution in [2.75, 3.05) is 26.2 Å². The molecule has 7 heteroatoms. The van der Waals surface area contributed by atoms with Gasteiger partial charge in [0, 0.05) is 43.4 Å². The molecule has 0 aromatic heterocycles. The highest BCUT2D eigenvalue weighted by molar-refractivity contribution is 5.95. The van der Waals surface area contributed by atoms with E-state index in [-0.39, 0.29) is 34.3 Å². The highest BCUT2D eigenvalue weighted by Gasteiger charge is 2.38. The van der Waals surface area contributed by atoms with E-state index < -0.39 is 0 Å². The van der Waals surface area contributed by atoms with E-state index in [1.54, 1.807) is 12.1 Å². The minimum absolute atomic E-state index is 0. The number of nitrogens with one attached hydrogen (secondary N) is 1. The molecule has 1 aromatic rings. The zero-order chi connectivity index (χ0) is 16.8. The van der Waals surface area contributed by atoms with Crippen molar-refractivity contribution in [1.82, 2.24) is 10.2 Å². The van der Waals surface area contributed by atoms with Crippen LogP contribution in [0.3, 0.4) is 0 Å². The minimum Gasteiger partial charge on any atom is -0.338 e. The van der Waals surface area contributed by atoms with E-state index in [1.165, 1.54) is 6.07 Å². The molecule has 24 heavy (non-hydrogen) atoms. The number of nitrogens with zero attached hydrogens (tertiary/aromatic N) is 2. The smallest absolute Gasteiger partial charge is 0.273 e. The lowest BCUT2D eigenvalue weighted by molar-refractivity contribution is -0.386. The molecule has 1 N–H and O–H groups in total. The normalized spacial score (nSPS) is 22.9. The van der Waals surface area contributed by atoms with Crippen LogP contribution in [-0.4, -0.2) is 41.9 Å². The van der Waals surface area contributed by atoms with Crippen molar-refractivity contribution in [3.8, 4) is 0 Å². The van der Waals surface area contributed by atoms with Gasteiger partial charge in [-0.3, -0.25) is 14.9 Å². The fraction of sp³-hybridized carbons (Fsp3) is 0.588.